The Labute approximate surface area is 120 Å². The smallest absolute Gasteiger partial charge is 0.00844 e. The van der Waals surface area contributed by atoms with Crippen molar-refractivity contribution in [2.75, 3.05) is 19.6 Å². The monoisotopic (exact) mass is 266 g/mol. The van der Waals surface area contributed by atoms with Crippen LogP contribution in [0.4, 0.5) is 0 Å². The highest BCUT2D eigenvalue weighted by Gasteiger charge is 2.35. The van der Waals surface area contributed by atoms with E-state index in [-0.39, 0.29) is 0 Å². The number of rotatable bonds is 3. The van der Waals surface area contributed by atoms with Crippen LogP contribution in [0.2, 0.25) is 0 Å². The van der Waals surface area contributed by atoms with Crippen LogP contribution in [0.15, 0.2) is 0 Å². The van der Waals surface area contributed by atoms with Crippen LogP contribution in [0, 0.1) is 23.2 Å². The summed E-state index contributed by atoms with van der Waals surface area (Å²) < 4.78 is 0. The molecule has 2 fully saturated rings. The molecule has 1 saturated heterocycles. The number of hydrogen-bond donors (Lipinski definition) is 1. The minimum Gasteiger partial charge on any atom is -0.327 e. The van der Waals surface area contributed by atoms with Crippen LogP contribution in [-0.4, -0.2) is 30.6 Å². The first kappa shape index (κ1) is 15.3. The van der Waals surface area contributed by atoms with Crippen LogP contribution < -0.4 is 5.73 Å². The van der Waals surface area contributed by atoms with Gasteiger partial charge in [0.1, 0.15) is 0 Å². The maximum Gasteiger partial charge on any atom is 0.00844 e. The summed E-state index contributed by atoms with van der Waals surface area (Å²) in [7, 11) is 0. The fraction of sp³-hybridized carbons (Fsp3) is 1.00. The number of likely N-dealkylation sites (tertiary alicyclic amines) is 1. The zero-order valence-electron chi connectivity index (χ0n) is 13.5. The van der Waals surface area contributed by atoms with Crippen molar-refractivity contribution in [1.82, 2.24) is 4.90 Å². The third kappa shape index (κ3) is 3.72. The SMILES string of the molecule is CCC1(C)CCN(CC2C(C)CC(C)CC2N)CC1. The molecule has 4 atom stereocenters. The van der Waals surface area contributed by atoms with Crippen LogP contribution in [0.3, 0.4) is 0 Å². The highest BCUT2D eigenvalue weighted by Crippen LogP contribution is 2.37. The molecule has 19 heavy (non-hydrogen) atoms. The molecule has 0 amide bonds. The standard InChI is InChI=1S/C17H34N2/c1-5-17(4)6-8-19(9-7-17)12-15-14(3)10-13(2)11-16(15)18/h13-16H,5-12,18H2,1-4H3. The van der Waals surface area contributed by atoms with Crippen molar-refractivity contribution in [1.29, 1.82) is 0 Å². The van der Waals surface area contributed by atoms with E-state index in [9.17, 15) is 0 Å². The zero-order chi connectivity index (χ0) is 14.0. The second-order valence-corrected chi connectivity index (χ2v) is 7.85. The molecule has 1 aliphatic carbocycles. The lowest BCUT2D eigenvalue weighted by Gasteiger charge is -2.44. The molecule has 2 aliphatic rings. The Morgan fingerprint density at radius 1 is 1.16 bits per heavy atom. The predicted octanol–water partition coefficient (Wildman–Crippen LogP) is 3.51. The second-order valence-electron chi connectivity index (χ2n) is 7.85. The average Bonchev–Trinajstić information content (AvgIpc) is 2.36. The summed E-state index contributed by atoms with van der Waals surface area (Å²) in [5, 5.41) is 0. The van der Waals surface area contributed by atoms with E-state index >= 15 is 0 Å². The predicted molar refractivity (Wildman–Crippen MR) is 83.1 cm³/mol. The largest absolute Gasteiger partial charge is 0.327 e. The maximum absolute atomic E-state index is 6.43. The fourth-order valence-corrected chi connectivity index (χ4v) is 4.21. The molecule has 0 aromatic carbocycles. The highest BCUT2D eigenvalue weighted by atomic mass is 15.1. The van der Waals surface area contributed by atoms with Crippen LogP contribution in [0.1, 0.15) is 59.8 Å². The van der Waals surface area contributed by atoms with Gasteiger partial charge in [0.15, 0.2) is 0 Å². The van der Waals surface area contributed by atoms with Crippen molar-refractivity contribution >= 4 is 0 Å². The van der Waals surface area contributed by atoms with Gasteiger partial charge in [0.05, 0.1) is 0 Å². The Morgan fingerprint density at radius 3 is 2.32 bits per heavy atom. The highest BCUT2D eigenvalue weighted by molar-refractivity contribution is 4.89. The molecule has 2 nitrogen and oxygen atoms in total. The average molecular weight is 266 g/mol. The summed E-state index contributed by atoms with van der Waals surface area (Å²) in [6.07, 6.45) is 6.68. The summed E-state index contributed by atoms with van der Waals surface area (Å²) in [5.41, 5.74) is 7.03. The van der Waals surface area contributed by atoms with Gasteiger partial charge >= 0.3 is 0 Å². The quantitative estimate of drug-likeness (QED) is 0.847. The van der Waals surface area contributed by atoms with Gasteiger partial charge in [-0.05, 0) is 61.9 Å². The normalized spacial score (nSPS) is 40.3. The molecule has 112 valence electrons. The number of nitrogens with two attached hydrogens (primary N) is 1. The molecule has 0 aromatic rings. The van der Waals surface area contributed by atoms with E-state index in [2.05, 4.69) is 32.6 Å². The Kier molecular flexibility index (Phi) is 4.94. The molecule has 0 radical (unpaired) electrons. The minimum atomic E-state index is 0.429. The number of piperidine rings is 1. The van der Waals surface area contributed by atoms with Crippen LogP contribution in [-0.2, 0) is 0 Å². The van der Waals surface area contributed by atoms with Crippen molar-refractivity contribution in [2.24, 2.45) is 28.9 Å². The number of nitrogens with zero attached hydrogens (tertiary/aromatic N) is 1. The summed E-state index contributed by atoms with van der Waals surface area (Å²) in [6, 6.07) is 0.429. The third-order valence-corrected chi connectivity index (χ3v) is 6.12. The first-order valence-corrected chi connectivity index (χ1v) is 8.41. The molecule has 2 rings (SSSR count). The van der Waals surface area contributed by atoms with Gasteiger partial charge in [-0.25, -0.2) is 0 Å². The van der Waals surface area contributed by atoms with Crippen molar-refractivity contribution in [2.45, 2.75) is 65.8 Å². The summed E-state index contributed by atoms with van der Waals surface area (Å²) >= 11 is 0. The van der Waals surface area contributed by atoms with Gasteiger partial charge in [0.25, 0.3) is 0 Å². The fourth-order valence-electron chi connectivity index (χ4n) is 4.21. The molecule has 0 bridgehead atoms. The molecule has 4 unspecified atom stereocenters. The Hall–Kier alpha value is -0.0800. The maximum atomic E-state index is 6.43. The Bertz CT molecular complexity index is 269. The van der Waals surface area contributed by atoms with Gasteiger partial charge in [-0.1, -0.05) is 34.1 Å². The van der Waals surface area contributed by atoms with Gasteiger partial charge < -0.3 is 10.6 Å². The van der Waals surface area contributed by atoms with Gasteiger partial charge in [-0.3, -0.25) is 0 Å². The molecular formula is C17H34N2. The van der Waals surface area contributed by atoms with Crippen molar-refractivity contribution in [3.63, 3.8) is 0 Å². The molecule has 2 N–H and O–H groups in total. The van der Waals surface area contributed by atoms with E-state index in [0.29, 0.717) is 11.5 Å². The first-order chi connectivity index (χ1) is 8.93. The van der Waals surface area contributed by atoms with Gasteiger partial charge in [-0.15, -0.1) is 0 Å². The summed E-state index contributed by atoms with van der Waals surface area (Å²) in [4.78, 5) is 2.69. The third-order valence-electron chi connectivity index (χ3n) is 6.12. The number of hydrogen-bond acceptors (Lipinski definition) is 2. The minimum absolute atomic E-state index is 0.429. The van der Waals surface area contributed by atoms with Crippen molar-refractivity contribution < 1.29 is 0 Å². The first-order valence-electron chi connectivity index (χ1n) is 8.41. The Morgan fingerprint density at radius 2 is 1.79 bits per heavy atom. The van der Waals surface area contributed by atoms with Crippen LogP contribution in [0.25, 0.3) is 0 Å². The molecule has 0 spiro atoms. The molecular weight excluding hydrogens is 232 g/mol. The summed E-state index contributed by atoms with van der Waals surface area (Å²) in [6.45, 7) is 13.4. The van der Waals surface area contributed by atoms with E-state index in [0.717, 1.165) is 17.8 Å². The van der Waals surface area contributed by atoms with Gasteiger partial charge in [-0.2, -0.15) is 0 Å². The molecule has 2 heteroatoms. The lowest BCUT2D eigenvalue weighted by Crippen LogP contribution is -2.49. The second kappa shape index (κ2) is 6.13. The van der Waals surface area contributed by atoms with Crippen LogP contribution in [0.5, 0.6) is 0 Å². The topological polar surface area (TPSA) is 29.3 Å². The lowest BCUT2D eigenvalue weighted by molar-refractivity contribution is 0.0673. The lowest BCUT2D eigenvalue weighted by atomic mass is 9.72. The van der Waals surface area contributed by atoms with E-state index in [1.807, 2.05) is 0 Å². The van der Waals surface area contributed by atoms with Gasteiger partial charge in [0, 0.05) is 12.6 Å². The molecule has 1 heterocycles. The van der Waals surface area contributed by atoms with E-state index in [1.165, 1.54) is 51.7 Å². The van der Waals surface area contributed by atoms with Crippen LogP contribution >= 0.6 is 0 Å². The van der Waals surface area contributed by atoms with E-state index < -0.39 is 0 Å². The van der Waals surface area contributed by atoms with Gasteiger partial charge in [0.2, 0.25) is 0 Å². The molecule has 1 aliphatic heterocycles. The van der Waals surface area contributed by atoms with E-state index in [4.69, 9.17) is 5.73 Å². The van der Waals surface area contributed by atoms with Crippen molar-refractivity contribution in [3.8, 4) is 0 Å². The van der Waals surface area contributed by atoms with Crippen molar-refractivity contribution in [3.05, 3.63) is 0 Å². The Balaban J connectivity index is 1.85. The zero-order valence-corrected chi connectivity index (χ0v) is 13.5. The summed E-state index contributed by atoms with van der Waals surface area (Å²) in [5.74, 6) is 2.35. The molecule has 1 saturated carbocycles. The molecule has 0 aromatic heterocycles. The van der Waals surface area contributed by atoms with E-state index in [1.54, 1.807) is 0 Å².